The van der Waals surface area contributed by atoms with Gasteiger partial charge in [0.2, 0.25) is 0 Å². The van der Waals surface area contributed by atoms with Crippen LogP contribution in [0.3, 0.4) is 0 Å². The summed E-state index contributed by atoms with van der Waals surface area (Å²) in [7, 11) is 0. The molecule has 0 unspecified atom stereocenters. The molecule has 4 heteroatoms. The van der Waals surface area contributed by atoms with E-state index in [1.165, 1.54) is 13.0 Å². The minimum atomic E-state index is 0.0903. The zero-order chi connectivity index (χ0) is 12.1. The van der Waals surface area contributed by atoms with E-state index >= 15 is 0 Å². The van der Waals surface area contributed by atoms with Crippen molar-refractivity contribution in [1.82, 2.24) is 9.88 Å². The molecule has 0 atom stereocenters. The first-order chi connectivity index (χ1) is 8.35. The predicted molar refractivity (Wildman–Crippen MR) is 69.1 cm³/mol. The van der Waals surface area contributed by atoms with E-state index in [4.69, 9.17) is 0 Å². The molecule has 1 aliphatic heterocycles. The summed E-state index contributed by atoms with van der Waals surface area (Å²) in [4.78, 5) is 8.97. The molecule has 2 heterocycles. The number of pyridine rings is 1. The van der Waals surface area contributed by atoms with Crippen molar-refractivity contribution >= 4 is 5.69 Å². The maximum Gasteiger partial charge on any atom is 0.0703 e. The van der Waals surface area contributed by atoms with Crippen LogP contribution in [0.2, 0.25) is 0 Å². The van der Waals surface area contributed by atoms with E-state index in [-0.39, 0.29) is 6.61 Å². The third kappa shape index (κ3) is 2.96. The van der Waals surface area contributed by atoms with Crippen molar-refractivity contribution in [1.29, 1.82) is 0 Å². The summed E-state index contributed by atoms with van der Waals surface area (Å²) in [5.74, 6) is 0. The van der Waals surface area contributed by atoms with Gasteiger partial charge < -0.3 is 10.0 Å². The number of hydrogen-bond donors (Lipinski definition) is 1. The molecule has 4 nitrogen and oxygen atoms in total. The van der Waals surface area contributed by atoms with Crippen LogP contribution < -0.4 is 4.90 Å². The highest BCUT2D eigenvalue weighted by atomic mass is 16.3. The summed E-state index contributed by atoms with van der Waals surface area (Å²) in [6.45, 7) is 7.76. The summed E-state index contributed by atoms with van der Waals surface area (Å²) in [5.41, 5.74) is 2.06. The summed E-state index contributed by atoms with van der Waals surface area (Å²) < 4.78 is 0. The number of rotatable bonds is 4. The van der Waals surface area contributed by atoms with E-state index < -0.39 is 0 Å². The maximum atomic E-state index is 9.32. The number of aliphatic hydroxyl groups excluding tert-OH is 1. The Morgan fingerprint density at radius 1 is 1.29 bits per heavy atom. The van der Waals surface area contributed by atoms with Gasteiger partial charge in [0.25, 0.3) is 0 Å². The minimum Gasteiger partial charge on any atom is -0.392 e. The first kappa shape index (κ1) is 12.3. The normalized spacial score (nSPS) is 17.4. The second-order valence-corrected chi connectivity index (χ2v) is 4.49. The van der Waals surface area contributed by atoms with E-state index in [1.807, 2.05) is 12.3 Å². The molecule has 1 fully saturated rings. The van der Waals surface area contributed by atoms with Crippen LogP contribution in [-0.2, 0) is 6.61 Å². The lowest BCUT2D eigenvalue weighted by atomic mass is 10.2. The first-order valence-corrected chi connectivity index (χ1v) is 6.36. The molecule has 0 spiro atoms. The van der Waals surface area contributed by atoms with Crippen molar-refractivity contribution in [2.24, 2.45) is 0 Å². The molecule has 1 aromatic rings. The van der Waals surface area contributed by atoms with Crippen LogP contribution in [-0.4, -0.2) is 47.7 Å². The molecule has 0 aromatic carbocycles. The number of hydrogen-bond acceptors (Lipinski definition) is 4. The highest BCUT2D eigenvalue weighted by molar-refractivity contribution is 5.51. The molecule has 0 saturated carbocycles. The molecular weight excluding hydrogens is 214 g/mol. The van der Waals surface area contributed by atoms with Crippen LogP contribution in [0.4, 0.5) is 5.69 Å². The Hall–Kier alpha value is -1.13. The van der Waals surface area contributed by atoms with Crippen LogP contribution in [0.25, 0.3) is 0 Å². The Bertz CT molecular complexity index is 348. The van der Waals surface area contributed by atoms with Crippen LogP contribution in [0.5, 0.6) is 0 Å². The molecule has 17 heavy (non-hydrogen) atoms. The van der Waals surface area contributed by atoms with Gasteiger partial charge in [0.1, 0.15) is 0 Å². The van der Waals surface area contributed by atoms with Gasteiger partial charge in [0.15, 0.2) is 0 Å². The second kappa shape index (κ2) is 5.98. The van der Waals surface area contributed by atoms with E-state index in [2.05, 4.69) is 21.7 Å². The zero-order valence-corrected chi connectivity index (χ0v) is 10.5. The number of nitrogens with zero attached hydrogens (tertiary/aromatic N) is 3. The average Bonchev–Trinajstić information content (AvgIpc) is 2.40. The van der Waals surface area contributed by atoms with Gasteiger partial charge >= 0.3 is 0 Å². The molecule has 94 valence electrons. The Kier molecular flexibility index (Phi) is 4.34. The lowest BCUT2D eigenvalue weighted by Gasteiger charge is -2.36. The molecule has 2 rings (SSSR count). The molecule has 0 radical (unpaired) electrons. The van der Waals surface area contributed by atoms with Crippen molar-refractivity contribution < 1.29 is 5.11 Å². The Balaban J connectivity index is 2.00. The van der Waals surface area contributed by atoms with Crippen LogP contribution in [0, 0.1) is 0 Å². The lowest BCUT2D eigenvalue weighted by molar-refractivity contribution is 0.256. The largest absolute Gasteiger partial charge is 0.392 e. The summed E-state index contributed by atoms with van der Waals surface area (Å²) in [6, 6.07) is 1.90. The van der Waals surface area contributed by atoms with Crippen LogP contribution in [0.15, 0.2) is 18.5 Å². The number of anilines is 1. The second-order valence-electron chi connectivity index (χ2n) is 4.49. The van der Waals surface area contributed by atoms with Gasteiger partial charge in [-0.05, 0) is 19.0 Å². The topological polar surface area (TPSA) is 39.6 Å². The van der Waals surface area contributed by atoms with Gasteiger partial charge in [-0.15, -0.1) is 0 Å². The third-order valence-electron chi connectivity index (χ3n) is 3.31. The van der Waals surface area contributed by atoms with Crippen LogP contribution in [0.1, 0.15) is 18.9 Å². The Labute approximate surface area is 103 Å². The van der Waals surface area contributed by atoms with E-state index in [1.54, 1.807) is 6.20 Å². The summed E-state index contributed by atoms with van der Waals surface area (Å²) in [5, 5.41) is 9.32. The van der Waals surface area contributed by atoms with E-state index in [0.717, 1.165) is 37.4 Å². The smallest absolute Gasteiger partial charge is 0.0703 e. The molecule has 1 aromatic heterocycles. The molecule has 1 N–H and O–H groups in total. The lowest BCUT2D eigenvalue weighted by Crippen LogP contribution is -2.46. The standard InChI is InChI=1S/C13H21N3O/c1-2-5-15-6-8-16(9-7-15)13-10-14-4-3-12(13)11-17/h3-4,10,17H,2,5-9,11H2,1H3. The van der Waals surface area contributed by atoms with Gasteiger partial charge in [0.05, 0.1) is 18.5 Å². The van der Waals surface area contributed by atoms with Gasteiger partial charge in [-0.3, -0.25) is 9.88 Å². The molecule has 0 bridgehead atoms. The monoisotopic (exact) mass is 235 g/mol. The predicted octanol–water partition coefficient (Wildman–Crippen LogP) is 1.11. The molecule has 1 saturated heterocycles. The quantitative estimate of drug-likeness (QED) is 0.848. The van der Waals surface area contributed by atoms with Crippen molar-refractivity contribution in [3.05, 3.63) is 24.0 Å². The summed E-state index contributed by atoms with van der Waals surface area (Å²) >= 11 is 0. The molecule has 0 amide bonds. The number of piperazine rings is 1. The summed E-state index contributed by atoms with van der Waals surface area (Å²) in [6.07, 6.45) is 4.82. The Morgan fingerprint density at radius 3 is 2.71 bits per heavy atom. The average molecular weight is 235 g/mol. The van der Waals surface area contributed by atoms with Crippen molar-refractivity contribution in [2.45, 2.75) is 20.0 Å². The molecule has 1 aliphatic rings. The first-order valence-electron chi connectivity index (χ1n) is 6.36. The number of aromatic nitrogens is 1. The number of aliphatic hydroxyl groups is 1. The highest BCUT2D eigenvalue weighted by Crippen LogP contribution is 2.20. The maximum absolute atomic E-state index is 9.32. The SMILES string of the molecule is CCCN1CCN(c2cnccc2CO)CC1. The van der Waals surface area contributed by atoms with Crippen molar-refractivity contribution in [3.63, 3.8) is 0 Å². The fraction of sp³-hybridized carbons (Fsp3) is 0.615. The minimum absolute atomic E-state index is 0.0903. The van der Waals surface area contributed by atoms with Gasteiger partial charge in [-0.25, -0.2) is 0 Å². The van der Waals surface area contributed by atoms with Crippen LogP contribution >= 0.6 is 0 Å². The van der Waals surface area contributed by atoms with Gasteiger partial charge in [0, 0.05) is 37.9 Å². The van der Waals surface area contributed by atoms with E-state index in [9.17, 15) is 5.11 Å². The zero-order valence-electron chi connectivity index (χ0n) is 10.5. The van der Waals surface area contributed by atoms with Gasteiger partial charge in [-0.2, -0.15) is 0 Å². The fourth-order valence-electron chi connectivity index (χ4n) is 2.36. The highest BCUT2D eigenvalue weighted by Gasteiger charge is 2.18. The van der Waals surface area contributed by atoms with Crippen molar-refractivity contribution in [3.8, 4) is 0 Å². The van der Waals surface area contributed by atoms with Crippen molar-refractivity contribution in [2.75, 3.05) is 37.6 Å². The fourth-order valence-corrected chi connectivity index (χ4v) is 2.36. The Morgan fingerprint density at radius 2 is 2.06 bits per heavy atom. The molecular formula is C13H21N3O. The van der Waals surface area contributed by atoms with Gasteiger partial charge in [-0.1, -0.05) is 6.92 Å². The molecule has 0 aliphatic carbocycles. The van der Waals surface area contributed by atoms with E-state index in [0.29, 0.717) is 0 Å². The third-order valence-corrected chi connectivity index (χ3v) is 3.31.